The Bertz CT molecular complexity index is 305. The van der Waals surface area contributed by atoms with Crippen molar-refractivity contribution in [2.75, 3.05) is 13.1 Å². The minimum absolute atomic E-state index is 0.0887. The van der Waals surface area contributed by atoms with E-state index in [2.05, 4.69) is 31.3 Å². The van der Waals surface area contributed by atoms with Crippen LogP contribution in [0.2, 0.25) is 0 Å². The smallest absolute Gasteiger partial charge is 0.292 e. The van der Waals surface area contributed by atoms with Crippen LogP contribution < -0.4 is 10.6 Å². The molecular weight excluding hydrogens is 196 g/mol. The van der Waals surface area contributed by atoms with Crippen molar-refractivity contribution in [2.24, 2.45) is 0 Å². The van der Waals surface area contributed by atoms with Gasteiger partial charge in [-0.1, -0.05) is 6.42 Å². The summed E-state index contributed by atoms with van der Waals surface area (Å²) in [7, 11) is 0. The quantitative estimate of drug-likeness (QED) is 0.599. The molecule has 2 rings (SSSR count). The normalized spacial score (nSPS) is 21.2. The van der Waals surface area contributed by atoms with Crippen LogP contribution in [0.15, 0.2) is 0 Å². The van der Waals surface area contributed by atoms with E-state index in [1.165, 1.54) is 12.8 Å². The molecule has 0 aliphatic carbocycles. The fourth-order valence-electron chi connectivity index (χ4n) is 1.65. The number of carbonyl (C=O) groups is 1. The average Bonchev–Trinajstić information content (AvgIpc) is 2.81. The Kier molecular flexibility index (Phi) is 3.23. The zero-order valence-electron chi connectivity index (χ0n) is 8.36. The Balaban J connectivity index is 1.75. The fourth-order valence-corrected chi connectivity index (χ4v) is 1.65. The maximum absolute atomic E-state index is 11.4. The van der Waals surface area contributed by atoms with Crippen molar-refractivity contribution in [1.29, 1.82) is 0 Å². The number of nitrogens with one attached hydrogen (secondary N) is 3. The first-order valence-electron chi connectivity index (χ1n) is 5.11. The van der Waals surface area contributed by atoms with Crippen molar-refractivity contribution in [3.63, 3.8) is 0 Å². The van der Waals surface area contributed by atoms with E-state index in [-0.39, 0.29) is 11.7 Å². The standard InChI is InChI=1S/C8H14N6O/c15-8(7-11-13-14-12-7)10-5-6-3-1-2-4-9-6/h6,9H,1-5H2,(H,10,15)(H,11,12,13,14). The summed E-state index contributed by atoms with van der Waals surface area (Å²) in [6, 6.07) is 0.370. The SMILES string of the molecule is O=C(NCC1CCCCN1)c1nn[nH]n1. The summed E-state index contributed by atoms with van der Waals surface area (Å²) < 4.78 is 0. The molecule has 1 atom stereocenters. The minimum atomic E-state index is -0.281. The number of H-pyrrole nitrogens is 1. The topological polar surface area (TPSA) is 95.6 Å². The van der Waals surface area contributed by atoms with Gasteiger partial charge in [-0.05, 0) is 24.6 Å². The van der Waals surface area contributed by atoms with Crippen LogP contribution in [-0.2, 0) is 0 Å². The molecule has 1 saturated heterocycles. The highest BCUT2D eigenvalue weighted by Crippen LogP contribution is 2.05. The van der Waals surface area contributed by atoms with Crippen LogP contribution in [0.4, 0.5) is 0 Å². The molecule has 0 radical (unpaired) electrons. The first kappa shape index (κ1) is 10.0. The van der Waals surface area contributed by atoms with Crippen molar-refractivity contribution < 1.29 is 4.79 Å². The van der Waals surface area contributed by atoms with Gasteiger partial charge in [-0.15, -0.1) is 10.2 Å². The van der Waals surface area contributed by atoms with Gasteiger partial charge in [0.15, 0.2) is 0 Å². The zero-order chi connectivity index (χ0) is 10.5. The summed E-state index contributed by atoms with van der Waals surface area (Å²) in [5, 5.41) is 18.9. The Morgan fingerprint density at radius 1 is 1.53 bits per heavy atom. The molecule has 82 valence electrons. The largest absolute Gasteiger partial charge is 0.348 e. The Morgan fingerprint density at radius 3 is 3.13 bits per heavy atom. The lowest BCUT2D eigenvalue weighted by Gasteiger charge is -2.23. The number of nitrogens with zero attached hydrogens (tertiary/aromatic N) is 3. The van der Waals surface area contributed by atoms with Crippen LogP contribution in [0, 0.1) is 0 Å². The number of carbonyl (C=O) groups excluding carboxylic acids is 1. The van der Waals surface area contributed by atoms with E-state index in [1.54, 1.807) is 0 Å². The van der Waals surface area contributed by atoms with Crippen LogP contribution >= 0.6 is 0 Å². The third kappa shape index (κ3) is 2.72. The van der Waals surface area contributed by atoms with Gasteiger partial charge in [-0.3, -0.25) is 4.79 Å². The molecule has 0 spiro atoms. The second-order valence-electron chi connectivity index (χ2n) is 3.59. The molecular formula is C8H14N6O. The van der Waals surface area contributed by atoms with Crippen molar-refractivity contribution in [3.05, 3.63) is 5.82 Å². The predicted octanol–water partition coefficient (Wildman–Crippen LogP) is -0.928. The second kappa shape index (κ2) is 4.83. The molecule has 1 fully saturated rings. The maximum Gasteiger partial charge on any atom is 0.292 e. The first-order chi connectivity index (χ1) is 7.36. The molecule has 15 heavy (non-hydrogen) atoms. The number of aromatic nitrogens is 4. The van der Waals surface area contributed by atoms with Gasteiger partial charge < -0.3 is 10.6 Å². The van der Waals surface area contributed by atoms with Crippen molar-refractivity contribution >= 4 is 5.91 Å². The third-order valence-corrected chi connectivity index (χ3v) is 2.47. The molecule has 1 aliphatic heterocycles. The molecule has 1 amide bonds. The van der Waals surface area contributed by atoms with E-state index in [0.717, 1.165) is 13.0 Å². The summed E-state index contributed by atoms with van der Waals surface area (Å²) in [5.41, 5.74) is 0. The predicted molar refractivity (Wildman–Crippen MR) is 52.2 cm³/mol. The van der Waals surface area contributed by atoms with Crippen molar-refractivity contribution in [2.45, 2.75) is 25.3 Å². The van der Waals surface area contributed by atoms with Crippen LogP contribution in [0.5, 0.6) is 0 Å². The summed E-state index contributed by atoms with van der Waals surface area (Å²) in [5.74, 6) is -0.193. The lowest BCUT2D eigenvalue weighted by Crippen LogP contribution is -2.43. The lowest BCUT2D eigenvalue weighted by molar-refractivity contribution is 0.0937. The Morgan fingerprint density at radius 2 is 2.47 bits per heavy atom. The van der Waals surface area contributed by atoms with Crippen LogP contribution in [-0.4, -0.2) is 45.7 Å². The van der Waals surface area contributed by atoms with Crippen LogP contribution in [0.1, 0.15) is 29.9 Å². The second-order valence-corrected chi connectivity index (χ2v) is 3.59. The number of amides is 1. The monoisotopic (exact) mass is 210 g/mol. The number of rotatable bonds is 3. The molecule has 7 nitrogen and oxygen atoms in total. The van der Waals surface area contributed by atoms with Crippen molar-refractivity contribution in [3.8, 4) is 0 Å². The van der Waals surface area contributed by atoms with E-state index in [9.17, 15) is 4.79 Å². The minimum Gasteiger partial charge on any atom is -0.348 e. The highest BCUT2D eigenvalue weighted by Gasteiger charge is 2.15. The number of hydrogen-bond donors (Lipinski definition) is 3. The molecule has 0 saturated carbocycles. The number of tetrazole rings is 1. The summed E-state index contributed by atoms with van der Waals surface area (Å²) in [6.45, 7) is 1.65. The molecule has 1 aliphatic rings. The van der Waals surface area contributed by atoms with Gasteiger partial charge in [-0.2, -0.15) is 5.21 Å². The Hall–Kier alpha value is -1.50. The molecule has 1 aromatic heterocycles. The van der Waals surface area contributed by atoms with Gasteiger partial charge in [0.2, 0.25) is 0 Å². The van der Waals surface area contributed by atoms with Gasteiger partial charge in [0.1, 0.15) is 0 Å². The molecule has 0 bridgehead atoms. The number of aromatic amines is 1. The fraction of sp³-hybridized carbons (Fsp3) is 0.750. The first-order valence-corrected chi connectivity index (χ1v) is 5.11. The molecule has 0 aromatic carbocycles. The van der Waals surface area contributed by atoms with Crippen molar-refractivity contribution in [1.82, 2.24) is 31.3 Å². The lowest BCUT2D eigenvalue weighted by atomic mass is 10.1. The highest BCUT2D eigenvalue weighted by atomic mass is 16.2. The number of piperidine rings is 1. The maximum atomic E-state index is 11.4. The van der Waals surface area contributed by atoms with Crippen LogP contribution in [0.25, 0.3) is 0 Å². The van der Waals surface area contributed by atoms with Gasteiger partial charge in [0.25, 0.3) is 11.7 Å². The van der Waals surface area contributed by atoms with E-state index in [1.807, 2.05) is 0 Å². The van der Waals surface area contributed by atoms with E-state index >= 15 is 0 Å². The summed E-state index contributed by atoms with van der Waals surface area (Å²) in [6.07, 6.45) is 3.54. The molecule has 3 N–H and O–H groups in total. The molecule has 2 heterocycles. The average molecular weight is 210 g/mol. The molecule has 7 heteroatoms. The highest BCUT2D eigenvalue weighted by molar-refractivity contribution is 5.90. The van der Waals surface area contributed by atoms with Gasteiger partial charge in [0, 0.05) is 12.6 Å². The van der Waals surface area contributed by atoms with E-state index in [4.69, 9.17) is 0 Å². The van der Waals surface area contributed by atoms with Crippen LogP contribution in [0.3, 0.4) is 0 Å². The van der Waals surface area contributed by atoms with Gasteiger partial charge in [0.05, 0.1) is 0 Å². The summed E-state index contributed by atoms with van der Waals surface area (Å²) in [4.78, 5) is 11.4. The Labute approximate surface area is 87.0 Å². The number of hydrogen-bond acceptors (Lipinski definition) is 5. The van der Waals surface area contributed by atoms with E-state index in [0.29, 0.717) is 12.6 Å². The molecule has 1 aromatic rings. The van der Waals surface area contributed by atoms with E-state index < -0.39 is 0 Å². The molecule has 1 unspecified atom stereocenters. The van der Waals surface area contributed by atoms with Gasteiger partial charge in [-0.25, -0.2) is 0 Å². The third-order valence-electron chi connectivity index (χ3n) is 2.47. The zero-order valence-corrected chi connectivity index (χ0v) is 8.36. The van der Waals surface area contributed by atoms with Gasteiger partial charge >= 0.3 is 0 Å². The summed E-state index contributed by atoms with van der Waals surface area (Å²) >= 11 is 0.